The van der Waals surface area contributed by atoms with Crippen molar-refractivity contribution in [1.82, 2.24) is 5.48 Å². The number of aryl methyl sites for hydroxylation is 1. The Kier molecular flexibility index (Phi) is 13.0. The number of rotatable bonds is 17. The first kappa shape index (κ1) is 30.7. The molecule has 0 saturated heterocycles. The van der Waals surface area contributed by atoms with Crippen LogP contribution in [0, 0.1) is 0 Å². The van der Waals surface area contributed by atoms with Gasteiger partial charge in [0.05, 0.1) is 19.2 Å². The van der Waals surface area contributed by atoms with Crippen molar-refractivity contribution in [3.8, 4) is 0 Å². The van der Waals surface area contributed by atoms with E-state index in [-0.39, 0.29) is 18.0 Å². The number of hydroxylamine groups is 1. The van der Waals surface area contributed by atoms with Gasteiger partial charge >= 0.3 is 5.97 Å². The molecule has 1 aliphatic carbocycles. The molecule has 3 rings (SSSR count). The summed E-state index contributed by atoms with van der Waals surface area (Å²) >= 11 is 0. The lowest BCUT2D eigenvalue weighted by Crippen LogP contribution is -2.38. The van der Waals surface area contributed by atoms with Gasteiger partial charge in [0.1, 0.15) is 12.4 Å². The first-order valence-electron chi connectivity index (χ1n) is 14.2. The Morgan fingerprint density at radius 2 is 1.77 bits per heavy atom. The molecule has 2 aromatic rings. The number of allylic oxidation sites excluding steroid dienone is 4. The molecule has 2 aromatic carbocycles. The third-order valence-electron chi connectivity index (χ3n) is 6.81. The molecule has 0 fully saturated rings. The third kappa shape index (κ3) is 10.4. The molecule has 2 N–H and O–H groups in total. The van der Waals surface area contributed by atoms with Gasteiger partial charge in [-0.1, -0.05) is 87.6 Å². The summed E-state index contributed by atoms with van der Waals surface area (Å²) in [5.41, 5.74) is 6.57. The van der Waals surface area contributed by atoms with E-state index in [0.717, 1.165) is 47.4 Å². The van der Waals surface area contributed by atoms with Gasteiger partial charge in [-0.2, -0.15) is 0 Å². The largest absolute Gasteiger partial charge is 0.489 e. The van der Waals surface area contributed by atoms with Gasteiger partial charge in [0.2, 0.25) is 0 Å². The van der Waals surface area contributed by atoms with E-state index in [1.807, 2.05) is 65.6 Å². The number of benzene rings is 2. The Balaban J connectivity index is 1.80. The van der Waals surface area contributed by atoms with Crippen LogP contribution >= 0.6 is 0 Å². The van der Waals surface area contributed by atoms with E-state index in [1.54, 1.807) is 12.1 Å². The van der Waals surface area contributed by atoms with Gasteiger partial charge in [0.15, 0.2) is 0 Å². The minimum atomic E-state index is -0.992. The normalized spacial score (nSPS) is 12.8. The number of nitrogens with one attached hydrogen (secondary N) is 1. The van der Waals surface area contributed by atoms with Crippen LogP contribution in [-0.2, 0) is 27.4 Å². The first-order valence-corrected chi connectivity index (χ1v) is 14.2. The number of carbonyl (C=O) groups excluding carboxylic acids is 1. The highest BCUT2D eigenvalue weighted by molar-refractivity contribution is 5.90. The molecule has 0 aliphatic heterocycles. The van der Waals surface area contributed by atoms with Gasteiger partial charge in [-0.25, -0.2) is 10.3 Å². The number of nitrogens with zero attached hydrogens (tertiary/aromatic N) is 1. The van der Waals surface area contributed by atoms with Crippen molar-refractivity contribution in [2.24, 2.45) is 0 Å². The standard InChI is InChI=1S/C33H42N2O5/c1-3-4-5-6-7-11-16-28-19-20-29(33(37)38)22-31(28)35(24-32(36)34-39-2)23-26-15-12-17-30(21-18-26)40-25-27-13-9-8-10-14-27/h8-10,12-14,17-22H,3-7,11,15-16,23-25H2,1-2H3,(H,34,36)(H,37,38). The minimum absolute atomic E-state index is 0.0303. The van der Waals surface area contributed by atoms with E-state index in [9.17, 15) is 14.7 Å². The fourth-order valence-electron chi connectivity index (χ4n) is 4.69. The number of anilines is 1. The molecule has 0 atom stereocenters. The van der Waals surface area contributed by atoms with Crippen molar-refractivity contribution >= 4 is 17.6 Å². The van der Waals surface area contributed by atoms with Crippen molar-refractivity contribution < 1.29 is 24.3 Å². The van der Waals surface area contributed by atoms with Crippen molar-refractivity contribution in [3.05, 3.63) is 101 Å². The molecule has 1 amide bonds. The maximum absolute atomic E-state index is 12.6. The molecule has 7 nitrogen and oxygen atoms in total. The van der Waals surface area contributed by atoms with Crippen LogP contribution < -0.4 is 10.4 Å². The van der Waals surface area contributed by atoms with Crippen LogP contribution in [0.5, 0.6) is 0 Å². The van der Waals surface area contributed by atoms with Crippen molar-refractivity contribution in [2.45, 2.75) is 64.9 Å². The summed E-state index contributed by atoms with van der Waals surface area (Å²) in [5, 5.41) is 9.71. The second-order valence-corrected chi connectivity index (χ2v) is 10.0. The van der Waals surface area contributed by atoms with E-state index >= 15 is 0 Å². The number of unbranched alkanes of at least 4 members (excludes halogenated alkanes) is 5. The van der Waals surface area contributed by atoms with E-state index in [0.29, 0.717) is 19.6 Å². The number of hydrogen-bond donors (Lipinski definition) is 2. The average Bonchev–Trinajstić information content (AvgIpc) is 3.19. The summed E-state index contributed by atoms with van der Waals surface area (Å²) in [7, 11) is 1.40. The molecule has 0 saturated carbocycles. The number of ether oxygens (including phenoxy) is 1. The molecule has 40 heavy (non-hydrogen) atoms. The van der Waals surface area contributed by atoms with Gasteiger partial charge in [0.25, 0.3) is 5.91 Å². The Morgan fingerprint density at radius 3 is 2.52 bits per heavy atom. The topological polar surface area (TPSA) is 88.1 Å². The molecule has 0 radical (unpaired) electrons. The van der Waals surface area contributed by atoms with Crippen molar-refractivity contribution in [1.29, 1.82) is 0 Å². The first-order chi connectivity index (χ1) is 19.5. The van der Waals surface area contributed by atoms with E-state index < -0.39 is 5.97 Å². The zero-order valence-corrected chi connectivity index (χ0v) is 23.7. The number of carboxylic acids is 1. The molecule has 1 aliphatic rings. The van der Waals surface area contributed by atoms with Gasteiger partial charge in [0, 0.05) is 12.2 Å². The van der Waals surface area contributed by atoms with Crippen molar-refractivity contribution in [2.75, 3.05) is 25.1 Å². The highest BCUT2D eigenvalue weighted by atomic mass is 16.6. The van der Waals surface area contributed by atoms with Crippen LogP contribution in [0.15, 0.2) is 84.2 Å². The molecule has 0 spiro atoms. The number of carbonyl (C=O) groups is 2. The summed E-state index contributed by atoms with van der Waals surface area (Å²) in [5.74, 6) is -0.534. The Morgan fingerprint density at radius 1 is 1.00 bits per heavy atom. The second-order valence-electron chi connectivity index (χ2n) is 10.0. The summed E-state index contributed by atoms with van der Waals surface area (Å²) in [4.78, 5) is 31.3. The second kappa shape index (κ2) is 17.0. The number of aromatic carboxylic acids is 1. The highest BCUT2D eigenvalue weighted by Crippen LogP contribution is 2.27. The molecule has 214 valence electrons. The lowest BCUT2D eigenvalue weighted by molar-refractivity contribution is -0.129. The van der Waals surface area contributed by atoms with Crippen LogP contribution in [-0.4, -0.2) is 37.2 Å². The van der Waals surface area contributed by atoms with Crippen LogP contribution in [0.25, 0.3) is 0 Å². The molecule has 0 unspecified atom stereocenters. The fourth-order valence-corrected chi connectivity index (χ4v) is 4.69. The maximum Gasteiger partial charge on any atom is 0.335 e. The predicted molar refractivity (Wildman–Crippen MR) is 159 cm³/mol. The van der Waals surface area contributed by atoms with Crippen LogP contribution in [0.1, 0.15) is 73.4 Å². The molecular formula is C33H42N2O5. The SMILES string of the molecule is CCCCCCCCc1ccc(C(=O)O)cc1N(CC(=O)NOC)CC1=CC=C(OCc2ccccc2)C=CC1. The monoisotopic (exact) mass is 546 g/mol. The van der Waals surface area contributed by atoms with Crippen LogP contribution in [0.3, 0.4) is 0 Å². The zero-order chi connectivity index (χ0) is 28.6. The molecule has 0 aromatic heterocycles. The molecule has 0 heterocycles. The van der Waals surface area contributed by atoms with Gasteiger partial charge in [-0.05, 0) is 60.2 Å². The molecule has 7 heteroatoms. The highest BCUT2D eigenvalue weighted by Gasteiger charge is 2.19. The smallest absolute Gasteiger partial charge is 0.335 e. The quantitative estimate of drug-likeness (QED) is 0.168. The lowest BCUT2D eigenvalue weighted by Gasteiger charge is -2.28. The minimum Gasteiger partial charge on any atom is -0.489 e. The van der Waals surface area contributed by atoms with E-state index in [4.69, 9.17) is 9.57 Å². The van der Waals surface area contributed by atoms with Crippen LogP contribution in [0.4, 0.5) is 5.69 Å². The van der Waals surface area contributed by atoms with Gasteiger partial charge in [-0.15, -0.1) is 0 Å². The van der Waals surface area contributed by atoms with Crippen molar-refractivity contribution in [3.63, 3.8) is 0 Å². The predicted octanol–water partition coefficient (Wildman–Crippen LogP) is 6.76. The van der Waals surface area contributed by atoms with E-state index in [1.165, 1.54) is 32.8 Å². The summed E-state index contributed by atoms with van der Waals surface area (Å²) in [6, 6.07) is 15.2. The Bertz CT molecular complexity index is 1190. The lowest BCUT2D eigenvalue weighted by atomic mass is 10.00. The fraction of sp³-hybridized carbons (Fsp3) is 0.394. The van der Waals surface area contributed by atoms with Crippen LogP contribution in [0.2, 0.25) is 0 Å². The number of hydrogen-bond acceptors (Lipinski definition) is 5. The Hall–Kier alpha value is -3.84. The van der Waals surface area contributed by atoms with Gasteiger partial charge in [-0.3, -0.25) is 9.63 Å². The Labute approximate surface area is 238 Å². The maximum atomic E-state index is 12.6. The average molecular weight is 547 g/mol. The van der Waals surface area contributed by atoms with E-state index in [2.05, 4.69) is 12.4 Å². The summed E-state index contributed by atoms with van der Waals surface area (Å²) in [6.45, 7) is 3.17. The summed E-state index contributed by atoms with van der Waals surface area (Å²) < 4.78 is 5.99. The number of amides is 1. The van der Waals surface area contributed by atoms with Gasteiger partial charge < -0.3 is 14.7 Å². The number of carboxylic acid groups (broad SMARTS) is 1. The zero-order valence-electron chi connectivity index (χ0n) is 23.7. The molecular weight excluding hydrogens is 504 g/mol. The summed E-state index contributed by atoms with van der Waals surface area (Å²) in [6.07, 6.45) is 16.5. The molecule has 0 bridgehead atoms. The third-order valence-corrected chi connectivity index (χ3v) is 6.81.